The Labute approximate surface area is 131 Å². The van der Waals surface area contributed by atoms with Crippen molar-refractivity contribution in [3.05, 3.63) is 35.1 Å². The van der Waals surface area contributed by atoms with E-state index in [2.05, 4.69) is 0 Å². The Balaban J connectivity index is 2.01. The Morgan fingerprint density at radius 2 is 1.87 bits per heavy atom. The van der Waals surface area contributed by atoms with Crippen molar-refractivity contribution in [3.8, 4) is 0 Å². The Morgan fingerprint density at radius 3 is 2.43 bits per heavy atom. The average molecular weight is 334 g/mol. The zero-order valence-corrected chi connectivity index (χ0v) is 12.7. The van der Waals surface area contributed by atoms with E-state index in [9.17, 15) is 22.4 Å². The van der Waals surface area contributed by atoms with Crippen LogP contribution in [0.1, 0.15) is 11.1 Å². The van der Waals surface area contributed by atoms with Gasteiger partial charge in [0.1, 0.15) is 12.4 Å². The molecule has 1 amide bonds. The summed E-state index contributed by atoms with van der Waals surface area (Å²) in [7, 11) is 1.43. The van der Waals surface area contributed by atoms with Crippen molar-refractivity contribution in [1.82, 2.24) is 9.80 Å². The largest absolute Gasteiger partial charge is 0.416 e. The minimum atomic E-state index is -4.59. The lowest BCUT2D eigenvalue weighted by atomic mass is 10.1. The summed E-state index contributed by atoms with van der Waals surface area (Å²) >= 11 is 0. The van der Waals surface area contributed by atoms with Crippen LogP contribution < -0.4 is 0 Å². The summed E-state index contributed by atoms with van der Waals surface area (Å²) in [5.41, 5.74) is -0.911. The molecule has 4 nitrogen and oxygen atoms in total. The van der Waals surface area contributed by atoms with Crippen LogP contribution in [0.2, 0.25) is 0 Å². The predicted molar refractivity (Wildman–Crippen MR) is 75.1 cm³/mol. The highest BCUT2D eigenvalue weighted by Crippen LogP contribution is 2.33. The number of alkyl halides is 3. The average Bonchev–Trinajstić information content (AvgIpc) is 2.49. The molecule has 1 aromatic carbocycles. The molecule has 1 aliphatic rings. The number of carbonyl (C=O) groups is 1. The number of benzene rings is 1. The normalized spacial score (nSPS) is 16.7. The van der Waals surface area contributed by atoms with Crippen molar-refractivity contribution in [3.63, 3.8) is 0 Å². The van der Waals surface area contributed by atoms with Gasteiger partial charge in [-0.05, 0) is 17.7 Å². The van der Waals surface area contributed by atoms with Gasteiger partial charge >= 0.3 is 6.18 Å². The molecule has 0 radical (unpaired) electrons. The minimum absolute atomic E-state index is 0.00379. The fourth-order valence-electron chi connectivity index (χ4n) is 2.56. The first kappa shape index (κ1) is 17.7. The van der Waals surface area contributed by atoms with Gasteiger partial charge in [0.25, 0.3) is 0 Å². The molecule has 0 spiro atoms. The topological polar surface area (TPSA) is 32.8 Å². The zero-order chi connectivity index (χ0) is 17.0. The number of rotatable bonds is 4. The van der Waals surface area contributed by atoms with Crippen molar-refractivity contribution in [2.45, 2.75) is 12.7 Å². The van der Waals surface area contributed by atoms with Gasteiger partial charge in [-0.1, -0.05) is 6.07 Å². The number of halogens is 4. The smallest absolute Gasteiger partial charge is 0.375 e. The molecule has 0 N–H and O–H groups in total. The lowest BCUT2D eigenvalue weighted by Crippen LogP contribution is -2.49. The fourth-order valence-corrected chi connectivity index (χ4v) is 2.56. The molecule has 0 aliphatic carbocycles. The Bertz CT molecular complexity index is 555. The molecule has 1 aromatic rings. The van der Waals surface area contributed by atoms with Gasteiger partial charge in [-0.15, -0.1) is 0 Å². The van der Waals surface area contributed by atoms with Crippen LogP contribution in [0.4, 0.5) is 17.6 Å². The van der Waals surface area contributed by atoms with E-state index >= 15 is 0 Å². The van der Waals surface area contributed by atoms with Crippen LogP contribution >= 0.6 is 0 Å². The molecule has 1 fully saturated rings. The van der Waals surface area contributed by atoms with Crippen molar-refractivity contribution in [2.75, 3.05) is 39.9 Å². The quantitative estimate of drug-likeness (QED) is 0.791. The summed E-state index contributed by atoms with van der Waals surface area (Å²) in [6.07, 6.45) is -4.59. The number of amides is 1. The fraction of sp³-hybridized carbons (Fsp3) is 0.533. The molecule has 23 heavy (non-hydrogen) atoms. The summed E-state index contributed by atoms with van der Waals surface area (Å²) in [5, 5.41) is 0. The van der Waals surface area contributed by atoms with Gasteiger partial charge in [0.2, 0.25) is 5.91 Å². The van der Waals surface area contributed by atoms with Crippen LogP contribution in [0.5, 0.6) is 0 Å². The van der Waals surface area contributed by atoms with Gasteiger partial charge in [0, 0.05) is 39.8 Å². The number of methoxy groups -OCH3 is 1. The van der Waals surface area contributed by atoms with Crippen LogP contribution in [0.15, 0.2) is 18.2 Å². The van der Waals surface area contributed by atoms with E-state index < -0.39 is 17.6 Å². The zero-order valence-electron chi connectivity index (χ0n) is 12.7. The molecule has 0 atom stereocenters. The molecule has 128 valence electrons. The van der Waals surface area contributed by atoms with Crippen LogP contribution in [-0.4, -0.2) is 55.6 Å². The molecule has 2 rings (SSSR count). The lowest BCUT2D eigenvalue weighted by molar-refractivity contribution is -0.138. The molecule has 0 saturated carbocycles. The third kappa shape index (κ3) is 4.65. The Morgan fingerprint density at radius 1 is 1.22 bits per heavy atom. The molecule has 1 heterocycles. The summed E-state index contributed by atoms with van der Waals surface area (Å²) in [6.45, 7) is 1.86. The van der Waals surface area contributed by atoms with Crippen LogP contribution in [0.3, 0.4) is 0 Å². The third-order valence-electron chi connectivity index (χ3n) is 3.76. The summed E-state index contributed by atoms with van der Waals surface area (Å²) in [6, 6.07) is 2.72. The van der Waals surface area contributed by atoms with Crippen molar-refractivity contribution in [2.24, 2.45) is 0 Å². The maximum atomic E-state index is 13.1. The van der Waals surface area contributed by atoms with Gasteiger partial charge in [0.05, 0.1) is 5.56 Å². The number of hydrogen-bond acceptors (Lipinski definition) is 3. The summed E-state index contributed by atoms with van der Waals surface area (Å²) in [4.78, 5) is 15.1. The molecule has 1 saturated heterocycles. The second-order valence-electron chi connectivity index (χ2n) is 5.39. The van der Waals surface area contributed by atoms with E-state index in [4.69, 9.17) is 4.74 Å². The number of hydrogen-bond donors (Lipinski definition) is 0. The summed E-state index contributed by atoms with van der Waals surface area (Å²) in [5.74, 6) is -1.04. The van der Waals surface area contributed by atoms with E-state index in [0.29, 0.717) is 32.2 Å². The second kappa shape index (κ2) is 7.27. The van der Waals surface area contributed by atoms with E-state index in [1.165, 1.54) is 13.2 Å². The maximum Gasteiger partial charge on any atom is 0.416 e. The molecule has 0 bridgehead atoms. The summed E-state index contributed by atoms with van der Waals surface area (Å²) < 4.78 is 56.8. The van der Waals surface area contributed by atoms with Crippen molar-refractivity contribution in [1.29, 1.82) is 0 Å². The number of ether oxygens (including phenoxy) is 1. The number of nitrogens with zero attached hydrogens (tertiary/aromatic N) is 2. The van der Waals surface area contributed by atoms with Gasteiger partial charge in [0.15, 0.2) is 0 Å². The highest BCUT2D eigenvalue weighted by atomic mass is 19.4. The van der Waals surface area contributed by atoms with Gasteiger partial charge < -0.3 is 9.64 Å². The molecular weight excluding hydrogens is 316 g/mol. The molecule has 8 heteroatoms. The molecule has 0 unspecified atom stereocenters. The monoisotopic (exact) mass is 334 g/mol. The molecule has 1 aliphatic heterocycles. The van der Waals surface area contributed by atoms with Gasteiger partial charge in [-0.3, -0.25) is 9.69 Å². The van der Waals surface area contributed by atoms with Crippen LogP contribution in [0.25, 0.3) is 0 Å². The van der Waals surface area contributed by atoms with Crippen LogP contribution in [0, 0.1) is 5.82 Å². The highest BCUT2D eigenvalue weighted by molar-refractivity contribution is 5.77. The number of carbonyl (C=O) groups excluding carboxylic acids is 1. The van der Waals surface area contributed by atoms with E-state index in [1.807, 2.05) is 4.90 Å². The third-order valence-corrected chi connectivity index (χ3v) is 3.76. The van der Waals surface area contributed by atoms with E-state index in [0.717, 1.165) is 6.07 Å². The number of piperazine rings is 1. The minimum Gasteiger partial charge on any atom is -0.375 e. The lowest BCUT2D eigenvalue weighted by Gasteiger charge is -2.35. The molecule has 0 aromatic heterocycles. The van der Waals surface area contributed by atoms with Crippen molar-refractivity contribution < 1.29 is 27.1 Å². The standard InChI is InChI=1S/C15H18F4N2O2/c1-23-10-14(22)21-6-4-20(5-7-21)9-11-2-3-12(16)8-13(11)15(17,18)19/h2-3,8H,4-7,9-10H2,1H3. The highest BCUT2D eigenvalue weighted by Gasteiger charge is 2.34. The Kier molecular flexibility index (Phi) is 5.59. The van der Waals surface area contributed by atoms with Crippen LogP contribution in [-0.2, 0) is 22.3 Å². The first-order valence-corrected chi connectivity index (χ1v) is 7.16. The van der Waals surface area contributed by atoms with E-state index in [1.54, 1.807) is 4.90 Å². The molecular formula is C15H18F4N2O2. The van der Waals surface area contributed by atoms with Gasteiger partial charge in [-0.2, -0.15) is 13.2 Å². The van der Waals surface area contributed by atoms with E-state index in [-0.39, 0.29) is 24.6 Å². The first-order chi connectivity index (χ1) is 10.8. The Hall–Kier alpha value is -1.67. The predicted octanol–water partition coefficient (Wildman–Crippen LogP) is 2.14. The SMILES string of the molecule is COCC(=O)N1CCN(Cc2ccc(F)cc2C(F)(F)F)CC1. The first-order valence-electron chi connectivity index (χ1n) is 7.16. The van der Waals surface area contributed by atoms with Gasteiger partial charge in [-0.25, -0.2) is 4.39 Å². The van der Waals surface area contributed by atoms with Crippen molar-refractivity contribution >= 4 is 5.91 Å². The second-order valence-corrected chi connectivity index (χ2v) is 5.39. The maximum absolute atomic E-state index is 13.1.